The second kappa shape index (κ2) is 2.84. The molecule has 4 unspecified atom stereocenters. The number of hydrogen-bond acceptors (Lipinski definition) is 3. The molecule has 4 heteroatoms. The van der Waals surface area contributed by atoms with Gasteiger partial charge in [0.1, 0.15) is 0 Å². The zero-order valence-corrected chi connectivity index (χ0v) is 7.78. The molecule has 0 saturated carbocycles. The van der Waals surface area contributed by atoms with Crippen molar-refractivity contribution in [2.75, 3.05) is 7.05 Å². The highest BCUT2D eigenvalue weighted by Gasteiger charge is 2.49. The third-order valence-electron chi connectivity index (χ3n) is 3.18. The average molecular weight is 192 g/mol. The summed E-state index contributed by atoms with van der Waals surface area (Å²) < 4.78 is 0. The first-order chi connectivity index (χ1) is 5.61. The molecule has 2 rings (SSSR count). The van der Waals surface area contributed by atoms with Crippen molar-refractivity contribution in [2.24, 2.45) is 0 Å². The van der Waals surface area contributed by atoms with Crippen LogP contribution in [-0.4, -0.2) is 51.8 Å². The second-order valence-electron chi connectivity index (χ2n) is 3.85. The van der Waals surface area contributed by atoms with Crippen LogP contribution in [0.2, 0.25) is 0 Å². The van der Waals surface area contributed by atoms with Crippen LogP contribution in [0.1, 0.15) is 12.8 Å². The summed E-state index contributed by atoms with van der Waals surface area (Å²) >= 11 is 5.99. The smallest absolute Gasteiger partial charge is 0.0969 e. The Morgan fingerprint density at radius 3 is 2.00 bits per heavy atom. The Bertz CT molecular complexity index is 164. The Kier molecular flexibility index (Phi) is 2.07. The van der Waals surface area contributed by atoms with Crippen LogP contribution in [-0.2, 0) is 0 Å². The first-order valence-electron chi connectivity index (χ1n) is 4.33. The number of nitrogens with zero attached hydrogens (tertiary/aromatic N) is 1. The molecule has 2 heterocycles. The second-order valence-corrected chi connectivity index (χ2v) is 4.47. The number of likely N-dealkylation sites (N-methyl/N-ethyl adjacent to an activating group) is 1. The van der Waals surface area contributed by atoms with Crippen molar-refractivity contribution in [1.29, 1.82) is 0 Å². The summed E-state index contributed by atoms with van der Waals surface area (Å²) in [6, 6.07) is 0.113. The summed E-state index contributed by atoms with van der Waals surface area (Å²) in [4.78, 5) is 2.05. The molecular formula is C8H14ClNO2. The standard InChI is InChI=1S/C8H14ClNO2/c1-10-5-2-4(9)3-6(10)8(12)7(5)11/h4-8,11-12H,2-3H2,1H3. The van der Waals surface area contributed by atoms with E-state index in [0.717, 1.165) is 12.8 Å². The molecule has 2 bridgehead atoms. The van der Waals surface area contributed by atoms with Gasteiger partial charge >= 0.3 is 0 Å². The van der Waals surface area contributed by atoms with Crippen LogP contribution in [0.4, 0.5) is 0 Å². The number of halogens is 1. The van der Waals surface area contributed by atoms with Gasteiger partial charge in [0.25, 0.3) is 0 Å². The van der Waals surface area contributed by atoms with E-state index < -0.39 is 12.2 Å². The monoisotopic (exact) mass is 191 g/mol. The lowest BCUT2D eigenvalue weighted by atomic mass is 10.0. The van der Waals surface area contributed by atoms with Crippen LogP contribution in [0.15, 0.2) is 0 Å². The molecule has 4 atom stereocenters. The molecule has 2 N–H and O–H groups in total. The molecule has 12 heavy (non-hydrogen) atoms. The predicted octanol–water partition coefficient (Wildman–Crippen LogP) is -0.208. The van der Waals surface area contributed by atoms with Crippen molar-refractivity contribution >= 4 is 11.6 Å². The van der Waals surface area contributed by atoms with Gasteiger partial charge in [0, 0.05) is 17.5 Å². The Labute approximate surface area is 76.9 Å². The zero-order chi connectivity index (χ0) is 8.88. The van der Waals surface area contributed by atoms with Gasteiger partial charge in [0.05, 0.1) is 12.2 Å². The minimum Gasteiger partial charge on any atom is -0.389 e. The molecule has 3 nitrogen and oxygen atoms in total. The van der Waals surface area contributed by atoms with Gasteiger partial charge in [-0.3, -0.25) is 4.90 Å². The van der Waals surface area contributed by atoms with Gasteiger partial charge in [-0.1, -0.05) is 0 Å². The SMILES string of the molecule is CN1C2CC(Cl)CC1C(O)C2O. The maximum Gasteiger partial charge on any atom is 0.0969 e. The van der Waals surface area contributed by atoms with Crippen molar-refractivity contribution in [3.8, 4) is 0 Å². The molecule has 2 aliphatic heterocycles. The number of rotatable bonds is 0. The fourth-order valence-corrected chi connectivity index (χ4v) is 2.78. The lowest BCUT2D eigenvalue weighted by Crippen LogP contribution is -2.43. The summed E-state index contributed by atoms with van der Waals surface area (Å²) in [6.45, 7) is 0. The maximum absolute atomic E-state index is 9.61. The van der Waals surface area contributed by atoms with Crippen molar-refractivity contribution in [1.82, 2.24) is 4.90 Å². The van der Waals surface area contributed by atoms with Gasteiger partial charge in [-0.2, -0.15) is 0 Å². The molecule has 2 fully saturated rings. The van der Waals surface area contributed by atoms with Crippen LogP contribution in [0, 0.1) is 0 Å². The van der Waals surface area contributed by atoms with E-state index in [4.69, 9.17) is 11.6 Å². The topological polar surface area (TPSA) is 43.7 Å². The molecule has 0 spiro atoms. The van der Waals surface area contributed by atoms with E-state index >= 15 is 0 Å². The summed E-state index contributed by atoms with van der Waals surface area (Å²) in [5.74, 6) is 0. The van der Waals surface area contributed by atoms with Gasteiger partial charge in [-0.05, 0) is 19.9 Å². The van der Waals surface area contributed by atoms with E-state index in [1.807, 2.05) is 11.9 Å². The number of alkyl halides is 1. The summed E-state index contributed by atoms with van der Waals surface area (Å²) in [6.07, 6.45) is 0.354. The van der Waals surface area contributed by atoms with Crippen molar-refractivity contribution in [2.45, 2.75) is 42.5 Å². The normalized spacial score (nSPS) is 54.5. The van der Waals surface area contributed by atoms with Crippen LogP contribution in [0.3, 0.4) is 0 Å². The third-order valence-corrected chi connectivity index (χ3v) is 3.54. The van der Waals surface area contributed by atoms with Gasteiger partial charge in [0.15, 0.2) is 0 Å². The molecule has 70 valence electrons. The lowest BCUT2D eigenvalue weighted by Gasteiger charge is -2.33. The minimum atomic E-state index is -0.608. The molecule has 0 aromatic heterocycles. The molecule has 0 aliphatic carbocycles. The van der Waals surface area contributed by atoms with Gasteiger partial charge in [0.2, 0.25) is 0 Å². The Balaban J connectivity index is 2.21. The predicted molar refractivity (Wildman–Crippen MR) is 46.2 cm³/mol. The fourth-order valence-electron chi connectivity index (χ4n) is 2.41. The van der Waals surface area contributed by atoms with Crippen molar-refractivity contribution in [3.63, 3.8) is 0 Å². The van der Waals surface area contributed by atoms with E-state index in [1.54, 1.807) is 0 Å². The Morgan fingerprint density at radius 2 is 1.58 bits per heavy atom. The van der Waals surface area contributed by atoms with Gasteiger partial charge in [-0.15, -0.1) is 11.6 Å². The van der Waals surface area contributed by atoms with E-state index in [0.29, 0.717) is 0 Å². The summed E-state index contributed by atoms with van der Waals surface area (Å²) in [7, 11) is 1.94. The van der Waals surface area contributed by atoms with Crippen molar-refractivity contribution < 1.29 is 10.2 Å². The van der Waals surface area contributed by atoms with Crippen LogP contribution in [0.5, 0.6) is 0 Å². The number of aliphatic hydroxyl groups excluding tert-OH is 2. The first-order valence-corrected chi connectivity index (χ1v) is 4.77. The van der Waals surface area contributed by atoms with E-state index in [9.17, 15) is 10.2 Å². The maximum atomic E-state index is 9.61. The largest absolute Gasteiger partial charge is 0.389 e. The molecule has 2 aliphatic rings. The highest BCUT2D eigenvalue weighted by molar-refractivity contribution is 6.20. The average Bonchev–Trinajstić information content (AvgIpc) is 2.21. The van der Waals surface area contributed by atoms with Gasteiger partial charge < -0.3 is 10.2 Å². The van der Waals surface area contributed by atoms with Crippen LogP contribution in [0.25, 0.3) is 0 Å². The molecule has 2 saturated heterocycles. The molecule has 0 aromatic rings. The quantitative estimate of drug-likeness (QED) is 0.521. The first kappa shape index (κ1) is 8.75. The third kappa shape index (κ3) is 1.08. The Hall–Kier alpha value is 0.170. The highest BCUT2D eigenvalue weighted by atomic mass is 35.5. The van der Waals surface area contributed by atoms with Crippen LogP contribution < -0.4 is 0 Å². The zero-order valence-electron chi connectivity index (χ0n) is 7.02. The fraction of sp³-hybridized carbons (Fsp3) is 1.00. The molecular weight excluding hydrogens is 178 g/mol. The number of piperidine rings is 1. The van der Waals surface area contributed by atoms with Crippen molar-refractivity contribution in [3.05, 3.63) is 0 Å². The van der Waals surface area contributed by atoms with Gasteiger partial charge in [-0.25, -0.2) is 0 Å². The highest BCUT2D eigenvalue weighted by Crippen LogP contribution is 2.36. The summed E-state index contributed by atoms with van der Waals surface area (Å²) in [5, 5.41) is 19.3. The summed E-state index contributed by atoms with van der Waals surface area (Å²) in [5.41, 5.74) is 0. The number of hydrogen-bond donors (Lipinski definition) is 2. The lowest BCUT2D eigenvalue weighted by molar-refractivity contribution is 0.0327. The molecule has 0 aromatic carbocycles. The number of fused-ring (bicyclic) bond motifs is 2. The van der Waals surface area contributed by atoms with Crippen LogP contribution >= 0.6 is 11.6 Å². The Morgan fingerprint density at radius 1 is 1.17 bits per heavy atom. The van der Waals surface area contributed by atoms with E-state index in [-0.39, 0.29) is 17.5 Å². The van der Waals surface area contributed by atoms with E-state index in [2.05, 4.69) is 0 Å². The molecule has 0 radical (unpaired) electrons. The van der Waals surface area contributed by atoms with E-state index in [1.165, 1.54) is 0 Å². The minimum absolute atomic E-state index is 0.0567. The molecule has 0 amide bonds. The number of aliphatic hydroxyl groups is 2.